The van der Waals surface area contributed by atoms with Gasteiger partial charge in [-0.3, -0.25) is 0 Å². The molecule has 2 fully saturated rings. The Balaban J connectivity index is 1.60. The zero-order valence-electron chi connectivity index (χ0n) is 13.3. The van der Waals surface area contributed by atoms with Gasteiger partial charge in [-0.05, 0) is 52.6 Å². The quantitative estimate of drug-likeness (QED) is 0.915. The molecule has 124 valence electrons. The maximum absolute atomic E-state index is 12.5. The number of aryl methyl sites for hydroxylation is 2. The molecule has 3 rings (SSSR count). The van der Waals surface area contributed by atoms with Crippen LogP contribution in [0, 0.1) is 13.8 Å². The second kappa shape index (κ2) is 6.29. The van der Waals surface area contributed by atoms with Gasteiger partial charge >= 0.3 is 0 Å². The van der Waals surface area contributed by atoms with E-state index >= 15 is 0 Å². The molecule has 6 nitrogen and oxygen atoms in total. The first-order valence-electron chi connectivity index (χ1n) is 8.16. The lowest BCUT2D eigenvalue weighted by molar-refractivity contribution is 0.151. The summed E-state index contributed by atoms with van der Waals surface area (Å²) in [6, 6.07) is 0.733. The Hall–Kier alpha value is -0.920. The summed E-state index contributed by atoms with van der Waals surface area (Å²) in [5.74, 6) is 0.355. The van der Waals surface area contributed by atoms with E-state index in [4.69, 9.17) is 4.52 Å². The van der Waals surface area contributed by atoms with Crippen molar-refractivity contribution in [3.8, 4) is 0 Å². The minimum Gasteiger partial charge on any atom is -0.360 e. The lowest BCUT2D eigenvalue weighted by Crippen LogP contribution is -2.47. The molecule has 1 saturated heterocycles. The molecule has 1 saturated carbocycles. The van der Waals surface area contributed by atoms with Gasteiger partial charge in [-0.2, -0.15) is 0 Å². The Labute approximate surface area is 132 Å². The van der Waals surface area contributed by atoms with Gasteiger partial charge in [-0.1, -0.05) is 18.0 Å². The summed E-state index contributed by atoms with van der Waals surface area (Å²) in [7, 11) is -3.54. The highest BCUT2D eigenvalue weighted by molar-refractivity contribution is 7.89. The fourth-order valence-corrected chi connectivity index (χ4v) is 5.42. The number of sulfonamides is 1. The Morgan fingerprint density at radius 2 is 1.77 bits per heavy atom. The van der Waals surface area contributed by atoms with Gasteiger partial charge in [0.05, 0.1) is 0 Å². The fraction of sp³-hybridized carbons (Fsp3) is 0.800. The maximum atomic E-state index is 12.5. The molecule has 0 radical (unpaired) electrons. The Morgan fingerprint density at radius 3 is 2.32 bits per heavy atom. The molecule has 0 atom stereocenters. The van der Waals surface area contributed by atoms with Crippen LogP contribution in [0.15, 0.2) is 9.42 Å². The van der Waals surface area contributed by atoms with Crippen molar-refractivity contribution >= 4 is 10.0 Å². The Bertz CT molecular complexity index is 592. The normalized spacial score (nSPS) is 22.5. The highest BCUT2D eigenvalue weighted by atomic mass is 32.2. The molecular formula is C15H25N3O3S. The first-order valence-corrected chi connectivity index (χ1v) is 9.65. The van der Waals surface area contributed by atoms with E-state index in [1.165, 1.54) is 25.7 Å². The lowest BCUT2D eigenvalue weighted by Gasteiger charge is -2.36. The SMILES string of the molecule is Cc1noc(C)c1S(=O)(=O)NC1CCN(C2CCCC2)CC1. The predicted octanol–water partition coefficient (Wildman–Crippen LogP) is 1.98. The van der Waals surface area contributed by atoms with Crippen molar-refractivity contribution in [1.29, 1.82) is 0 Å². The molecule has 0 unspecified atom stereocenters. The predicted molar refractivity (Wildman–Crippen MR) is 83.1 cm³/mol. The number of aromatic nitrogens is 1. The van der Waals surface area contributed by atoms with Crippen molar-refractivity contribution in [2.45, 2.75) is 69.4 Å². The molecule has 2 heterocycles. The number of piperidine rings is 1. The molecule has 0 spiro atoms. The smallest absolute Gasteiger partial charge is 0.246 e. The molecule has 1 N–H and O–H groups in total. The molecule has 1 aromatic heterocycles. The van der Waals surface area contributed by atoms with Crippen LogP contribution in [0.5, 0.6) is 0 Å². The van der Waals surface area contributed by atoms with Gasteiger partial charge < -0.3 is 9.42 Å². The van der Waals surface area contributed by atoms with Crippen LogP contribution in [-0.2, 0) is 10.0 Å². The molecule has 7 heteroatoms. The van der Waals surface area contributed by atoms with Gasteiger partial charge in [0.25, 0.3) is 0 Å². The first kappa shape index (κ1) is 16.0. The summed E-state index contributed by atoms with van der Waals surface area (Å²) in [4.78, 5) is 2.74. The fourth-order valence-electron chi connectivity index (χ4n) is 3.79. The van der Waals surface area contributed by atoms with Crippen molar-refractivity contribution in [3.63, 3.8) is 0 Å². The molecule has 22 heavy (non-hydrogen) atoms. The van der Waals surface area contributed by atoms with E-state index in [-0.39, 0.29) is 10.9 Å². The summed E-state index contributed by atoms with van der Waals surface area (Å²) in [5, 5.41) is 3.74. The van der Waals surface area contributed by atoms with E-state index in [2.05, 4.69) is 14.8 Å². The maximum Gasteiger partial charge on any atom is 0.246 e. The van der Waals surface area contributed by atoms with Crippen molar-refractivity contribution in [2.75, 3.05) is 13.1 Å². The van der Waals surface area contributed by atoms with Crippen molar-refractivity contribution in [3.05, 3.63) is 11.5 Å². The third kappa shape index (κ3) is 3.21. The number of likely N-dealkylation sites (tertiary alicyclic amines) is 1. The van der Waals surface area contributed by atoms with E-state index in [1.54, 1.807) is 13.8 Å². The molecule has 2 aliphatic rings. The van der Waals surface area contributed by atoms with E-state index in [9.17, 15) is 8.42 Å². The molecular weight excluding hydrogens is 302 g/mol. The van der Waals surface area contributed by atoms with Gasteiger partial charge in [-0.25, -0.2) is 13.1 Å². The van der Waals surface area contributed by atoms with Gasteiger partial charge in [0.1, 0.15) is 10.6 Å². The zero-order valence-corrected chi connectivity index (χ0v) is 14.2. The lowest BCUT2D eigenvalue weighted by atomic mass is 10.0. The van der Waals surface area contributed by atoms with E-state index in [0.717, 1.165) is 32.0 Å². The summed E-state index contributed by atoms with van der Waals surface area (Å²) in [6.45, 7) is 5.27. The van der Waals surface area contributed by atoms with E-state index < -0.39 is 10.0 Å². The number of hydrogen-bond acceptors (Lipinski definition) is 5. The van der Waals surface area contributed by atoms with Crippen molar-refractivity contribution in [2.24, 2.45) is 0 Å². The molecule has 1 aromatic rings. The van der Waals surface area contributed by atoms with E-state index in [0.29, 0.717) is 11.5 Å². The molecule has 0 amide bonds. The molecule has 1 aliphatic carbocycles. The van der Waals surface area contributed by atoms with Gasteiger partial charge in [0.2, 0.25) is 10.0 Å². The Morgan fingerprint density at radius 1 is 1.14 bits per heavy atom. The van der Waals surface area contributed by atoms with Crippen molar-refractivity contribution in [1.82, 2.24) is 14.8 Å². The van der Waals surface area contributed by atoms with Crippen LogP contribution < -0.4 is 4.72 Å². The third-order valence-electron chi connectivity index (χ3n) is 4.93. The molecule has 1 aliphatic heterocycles. The summed E-state index contributed by atoms with van der Waals surface area (Å²) in [5.41, 5.74) is 0.424. The van der Waals surface area contributed by atoms with Crippen LogP contribution in [0.4, 0.5) is 0 Å². The van der Waals surface area contributed by atoms with Crippen LogP contribution in [-0.4, -0.2) is 43.6 Å². The van der Waals surface area contributed by atoms with Crippen LogP contribution in [0.2, 0.25) is 0 Å². The first-order chi connectivity index (χ1) is 10.5. The minimum atomic E-state index is -3.54. The number of nitrogens with one attached hydrogen (secondary N) is 1. The van der Waals surface area contributed by atoms with Crippen LogP contribution in [0.3, 0.4) is 0 Å². The van der Waals surface area contributed by atoms with Crippen molar-refractivity contribution < 1.29 is 12.9 Å². The largest absolute Gasteiger partial charge is 0.360 e. The standard InChI is InChI=1S/C15H25N3O3S/c1-11-15(12(2)21-16-11)22(19,20)17-13-7-9-18(10-8-13)14-5-3-4-6-14/h13-14,17H,3-10H2,1-2H3. The molecule has 0 bridgehead atoms. The van der Waals surface area contributed by atoms with Gasteiger partial charge in [0.15, 0.2) is 5.76 Å². The summed E-state index contributed by atoms with van der Waals surface area (Å²) in [6.07, 6.45) is 7.02. The zero-order chi connectivity index (χ0) is 15.7. The highest BCUT2D eigenvalue weighted by Gasteiger charge is 2.31. The second-order valence-corrected chi connectivity index (χ2v) is 8.17. The van der Waals surface area contributed by atoms with Crippen LogP contribution >= 0.6 is 0 Å². The van der Waals surface area contributed by atoms with Gasteiger partial charge in [-0.15, -0.1) is 0 Å². The second-order valence-electron chi connectivity index (χ2n) is 6.52. The van der Waals surface area contributed by atoms with Crippen LogP contribution in [0.25, 0.3) is 0 Å². The number of rotatable bonds is 4. The Kier molecular flexibility index (Phi) is 4.56. The average molecular weight is 327 g/mol. The topological polar surface area (TPSA) is 75.4 Å². The summed E-state index contributed by atoms with van der Waals surface area (Å²) >= 11 is 0. The number of nitrogens with zero attached hydrogens (tertiary/aromatic N) is 2. The van der Waals surface area contributed by atoms with Crippen LogP contribution in [0.1, 0.15) is 50.0 Å². The third-order valence-corrected chi connectivity index (χ3v) is 6.69. The van der Waals surface area contributed by atoms with E-state index in [1.807, 2.05) is 0 Å². The van der Waals surface area contributed by atoms with Gasteiger partial charge in [0, 0.05) is 12.1 Å². The summed E-state index contributed by atoms with van der Waals surface area (Å²) < 4.78 is 32.8. The highest BCUT2D eigenvalue weighted by Crippen LogP contribution is 2.27. The molecule has 0 aromatic carbocycles. The number of hydrogen-bond donors (Lipinski definition) is 1. The monoisotopic (exact) mass is 327 g/mol. The average Bonchev–Trinajstić information content (AvgIpc) is 3.09. The minimum absolute atomic E-state index is 0.0105.